The Labute approximate surface area is 110 Å². The monoisotopic (exact) mass is 260 g/mol. The summed E-state index contributed by atoms with van der Waals surface area (Å²) in [5.74, 6) is 0.502. The molecule has 1 saturated heterocycles. The van der Waals surface area contributed by atoms with Crippen molar-refractivity contribution in [3.63, 3.8) is 0 Å². The van der Waals surface area contributed by atoms with Crippen LogP contribution in [0.15, 0.2) is 12.5 Å². The molecule has 1 fully saturated rings. The minimum absolute atomic E-state index is 0.186. The summed E-state index contributed by atoms with van der Waals surface area (Å²) < 4.78 is 0. The van der Waals surface area contributed by atoms with Crippen LogP contribution in [0.3, 0.4) is 0 Å². The summed E-state index contributed by atoms with van der Waals surface area (Å²) in [4.78, 5) is 27.0. The molecule has 2 aromatic heterocycles. The molecule has 0 aliphatic carbocycles. The van der Waals surface area contributed by atoms with E-state index in [0.29, 0.717) is 23.6 Å². The third-order valence-corrected chi connectivity index (χ3v) is 3.39. The van der Waals surface area contributed by atoms with Crippen molar-refractivity contribution in [3.8, 4) is 0 Å². The zero-order chi connectivity index (χ0) is 13.1. The van der Waals surface area contributed by atoms with Crippen LogP contribution in [-0.4, -0.2) is 45.5 Å². The zero-order valence-electron chi connectivity index (χ0n) is 10.5. The SMILES string of the molecule is O=C(NCC1CCNCC1)c1ncc2nc[nH]c2n1. The van der Waals surface area contributed by atoms with Crippen LogP contribution in [0.5, 0.6) is 0 Å². The number of carbonyl (C=O) groups is 1. The average Bonchev–Trinajstić information content (AvgIpc) is 2.93. The third-order valence-electron chi connectivity index (χ3n) is 3.39. The molecule has 7 nitrogen and oxygen atoms in total. The number of amides is 1. The Morgan fingerprint density at radius 1 is 1.37 bits per heavy atom. The lowest BCUT2D eigenvalue weighted by molar-refractivity contribution is 0.0934. The molecular formula is C12H16N6O. The standard InChI is InChI=1S/C12H16N6O/c19-12(15-5-8-1-3-13-4-2-8)11-14-6-9-10(18-11)17-7-16-9/h6-8,13H,1-5H2,(H,15,19)(H,14,16,17,18). The maximum atomic E-state index is 12.0. The Balaban J connectivity index is 1.62. The fraction of sp³-hybridized carbons (Fsp3) is 0.500. The number of piperidine rings is 1. The fourth-order valence-corrected chi connectivity index (χ4v) is 2.25. The topological polar surface area (TPSA) is 95.6 Å². The van der Waals surface area contributed by atoms with E-state index in [-0.39, 0.29) is 11.7 Å². The number of aromatic amines is 1. The van der Waals surface area contributed by atoms with Crippen molar-refractivity contribution in [2.75, 3.05) is 19.6 Å². The Bertz CT molecular complexity index is 574. The first-order valence-corrected chi connectivity index (χ1v) is 6.48. The van der Waals surface area contributed by atoms with E-state index in [1.54, 1.807) is 6.20 Å². The molecule has 0 aromatic carbocycles. The average molecular weight is 260 g/mol. The van der Waals surface area contributed by atoms with Crippen molar-refractivity contribution < 1.29 is 4.79 Å². The number of H-pyrrole nitrogens is 1. The first kappa shape index (κ1) is 12.0. The van der Waals surface area contributed by atoms with E-state index >= 15 is 0 Å². The van der Waals surface area contributed by atoms with Gasteiger partial charge in [-0.05, 0) is 31.8 Å². The quantitative estimate of drug-likeness (QED) is 0.726. The maximum Gasteiger partial charge on any atom is 0.289 e. The van der Waals surface area contributed by atoms with Gasteiger partial charge in [0.25, 0.3) is 5.91 Å². The van der Waals surface area contributed by atoms with Crippen molar-refractivity contribution in [2.24, 2.45) is 5.92 Å². The summed E-state index contributed by atoms with van der Waals surface area (Å²) in [5, 5.41) is 6.20. The Morgan fingerprint density at radius 3 is 3.05 bits per heavy atom. The number of aromatic nitrogens is 4. The minimum Gasteiger partial charge on any atom is -0.349 e. The number of nitrogens with zero attached hydrogens (tertiary/aromatic N) is 3. The second kappa shape index (κ2) is 5.31. The van der Waals surface area contributed by atoms with E-state index in [0.717, 1.165) is 25.9 Å². The highest BCUT2D eigenvalue weighted by Crippen LogP contribution is 2.10. The molecule has 0 spiro atoms. The van der Waals surface area contributed by atoms with Gasteiger partial charge in [-0.25, -0.2) is 15.0 Å². The van der Waals surface area contributed by atoms with Gasteiger partial charge in [-0.3, -0.25) is 4.79 Å². The first-order valence-electron chi connectivity index (χ1n) is 6.48. The van der Waals surface area contributed by atoms with Crippen LogP contribution in [0.1, 0.15) is 23.5 Å². The van der Waals surface area contributed by atoms with Gasteiger partial charge >= 0.3 is 0 Å². The van der Waals surface area contributed by atoms with Crippen molar-refractivity contribution >= 4 is 17.1 Å². The zero-order valence-corrected chi connectivity index (χ0v) is 10.5. The molecule has 1 aliphatic heterocycles. The van der Waals surface area contributed by atoms with E-state index in [9.17, 15) is 4.79 Å². The van der Waals surface area contributed by atoms with Gasteiger partial charge in [-0.15, -0.1) is 0 Å². The minimum atomic E-state index is -0.227. The highest BCUT2D eigenvalue weighted by Gasteiger charge is 2.16. The molecule has 0 radical (unpaired) electrons. The Hall–Kier alpha value is -2.02. The summed E-state index contributed by atoms with van der Waals surface area (Å²) in [7, 11) is 0. The van der Waals surface area contributed by atoms with E-state index in [1.807, 2.05) is 0 Å². The fourth-order valence-electron chi connectivity index (χ4n) is 2.25. The normalized spacial score (nSPS) is 16.6. The summed E-state index contributed by atoms with van der Waals surface area (Å²) in [6.07, 6.45) is 5.29. The van der Waals surface area contributed by atoms with Gasteiger partial charge in [0.15, 0.2) is 5.65 Å². The maximum absolute atomic E-state index is 12.0. The predicted octanol–water partition coefficient (Wildman–Crippen LogP) is 0.0823. The Morgan fingerprint density at radius 2 is 2.21 bits per heavy atom. The van der Waals surface area contributed by atoms with Crippen LogP contribution >= 0.6 is 0 Å². The van der Waals surface area contributed by atoms with Gasteiger partial charge in [-0.1, -0.05) is 0 Å². The molecule has 3 heterocycles. The molecule has 0 atom stereocenters. The van der Waals surface area contributed by atoms with Gasteiger partial charge in [0.1, 0.15) is 5.52 Å². The Kier molecular flexibility index (Phi) is 3.37. The van der Waals surface area contributed by atoms with Crippen molar-refractivity contribution in [1.82, 2.24) is 30.6 Å². The highest BCUT2D eigenvalue weighted by molar-refractivity contribution is 5.91. The molecule has 1 amide bonds. The number of imidazole rings is 1. The van der Waals surface area contributed by atoms with E-state index < -0.39 is 0 Å². The van der Waals surface area contributed by atoms with Crippen LogP contribution in [0.4, 0.5) is 0 Å². The lowest BCUT2D eigenvalue weighted by Crippen LogP contribution is -2.36. The molecule has 19 heavy (non-hydrogen) atoms. The van der Waals surface area contributed by atoms with Crippen molar-refractivity contribution in [2.45, 2.75) is 12.8 Å². The molecule has 0 saturated carbocycles. The van der Waals surface area contributed by atoms with Crippen LogP contribution < -0.4 is 10.6 Å². The van der Waals surface area contributed by atoms with E-state index in [1.165, 1.54) is 6.33 Å². The number of nitrogens with one attached hydrogen (secondary N) is 3. The van der Waals surface area contributed by atoms with Gasteiger partial charge < -0.3 is 15.6 Å². The number of hydrogen-bond donors (Lipinski definition) is 3. The van der Waals surface area contributed by atoms with Crippen LogP contribution in [-0.2, 0) is 0 Å². The van der Waals surface area contributed by atoms with Crippen LogP contribution in [0.25, 0.3) is 11.2 Å². The number of fused-ring (bicyclic) bond motifs is 1. The molecule has 100 valence electrons. The predicted molar refractivity (Wildman–Crippen MR) is 69.6 cm³/mol. The van der Waals surface area contributed by atoms with Crippen LogP contribution in [0.2, 0.25) is 0 Å². The highest BCUT2D eigenvalue weighted by atomic mass is 16.2. The number of hydrogen-bond acceptors (Lipinski definition) is 5. The van der Waals surface area contributed by atoms with Crippen molar-refractivity contribution in [1.29, 1.82) is 0 Å². The molecule has 2 aromatic rings. The summed E-state index contributed by atoms with van der Waals surface area (Å²) in [6, 6.07) is 0. The molecule has 1 aliphatic rings. The summed E-state index contributed by atoms with van der Waals surface area (Å²) in [6.45, 7) is 2.74. The second-order valence-electron chi connectivity index (χ2n) is 4.73. The molecule has 0 bridgehead atoms. The lowest BCUT2D eigenvalue weighted by Gasteiger charge is -2.22. The smallest absolute Gasteiger partial charge is 0.289 e. The molecule has 3 rings (SSSR count). The van der Waals surface area contributed by atoms with Gasteiger partial charge in [0.2, 0.25) is 5.82 Å². The molecular weight excluding hydrogens is 244 g/mol. The third kappa shape index (κ3) is 2.70. The molecule has 0 unspecified atom stereocenters. The molecule has 3 N–H and O–H groups in total. The first-order chi connectivity index (χ1) is 9.33. The largest absolute Gasteiger partial charge is 0.349 e. The van der Waals surface area contributed by atoms with Gasteiger partial charge in [0.05, 0.1) is 12.5 Å². The number of carbonyl (C=O) groups excluding carboxylic acids is 1. The van der Waals surface area contributed by atoms with E-state index in [2.05, 4.69) is 30.6 Å². The second-order valence-corrected chi connectivity index (χ2v) is 4.73. The molecule has 7 heteroatoms. The van der Waals surface area contributed by atoms with Gasteiger partial charge in [-0.2, -0.15) is 0 Å². The summed E-state index contributed by atoms with van der Waals surface area (Å²) >= 11 is 0. The number of rotatable bonds is 3. The van der Waals surface area contributed by atoms with Gasteiger partial charge in [0, 0.05) is 6.54 Å². The van der Waals surface area contributed by atoms with Crippen molar-refractivity contribution in [3.05, 3.63) is 18.3 Å². The van der Waals surface area contributed by atoms with E-state index in [4.69, 9.17) is 0 Å². The summed E-state index contributed by atoms with van der Waals surface area (Å²) in [5.41, 5.74) is 1.25. The van der Waals surface area contributed by atoms with Crippen LogP contribution in [0, 0.1) is 5.92 Å². The lowest BCUT2D eigenvalue weighted by atomic mass is 9.98.